The maximum Gasteiger partial charge on any atom is 0.183 e. The van der Waals surface area contributed by atoms with E-state index < -0.39 is 74.9 Å². The van der Waals surface area contributed by atoms with Crippen molar-refractivity contribution < 1.29 is 44.7 Å². The third-order valence-corrected chi connectivity index (χ3v) is 11.2. The molecule has 4 atom stereocenters. The quantitative estimate of drug-likeness (QED) is 0.0765. The maximum absolute atomic E-state index is 14.1. The van der Waals surface area contributed by atoms with Gasteiger partial charge in [-0.2, -0.15) is 0 Å². The number of carbonyl (C=O) groups excluding carboxylic acids is 3. The lowest BCUT2D eigenvalue weighted by molar-refractivity contribution is -0.127. The number of Topliss-reactive ketones (excluding diaryl/α,β-unsaturated/α-hetero) is 3. The summed E-state index contributed by atoms with van der Waals surface area (Å²) in [5.41, 5.74) is -1.79. The molecule has 0 saturated heterocycles. The van der Waals surface area contributed by atoms with Crippen LogP contribution in [0.4, 0.5) is 0 Å². The van der Waals surface area contributed by atoms with E-state index in [-0.39, 0.29) is 54.1 Å². The molecular formula is C42H58O9. The summed E-state index contributed by atoms with van der Waals surface area (Å²) in [6.45, 7) is 16.7. The van der Waals surface area contributed by atoms with Gasteiger partial charge in [0.05, 0.1) is 11.0 Å². The molecule has 9 heteroatoms. The molecule has 1 aliphatic heterocycles. The van der Waals surface area contributed by atoms with E-state index in [9.17, 15) is 39.9 Å². The maximum atomic E-state index is 14.1. The summed E-state index contributed by atoms with van der Waals surface area (Å²) in [4.78, 5) is 41.1. The number of ether oxygens (including phenoxy) is 1. The van der Waals surface area contributed by atoms with Crippen molar-refractivity contribution in [1.82, 2.24) is 0 Å². The third kappa shape index (κ3) is 7.69. The van der Waals surface area contributed by atoms with Gasteiger partial charge in [0.15, 0.2) is 17.3 Å². The molecule has 0 spiro atoms. The molecule has 280 valence electrons. The second kappa shape index (κ2) is 15.0. The summed E-state index contributed by atoms with van der Waals surface area (Å²) >= 11 is 0. The van der Waals surface area contributed by atoms with Crippen LogP contribution in [0.5, 0.6) is 17.2 Å². The Morgan fingerprint density at radius 1 is 0.902 bits per heavy atom. The molecule has 5 N–H and O–H groups in total. The first-order chi connectivity index (χ1) is 23.7. The predicted octanol–water partition coefficient (Wildman–Crippen LogP) is 9.09. The summed E-state index contributed by atoms with van der Waals surface area (Å²) in [6, 6.07) is 0. The van der Waals surface area contributed by atoms with Crippen LogP contribution < -0.4 is 4.74 Å². The van der Waals surface area contributed by atoms with Crippen LogP contribution in [-0.2, 0) is 16.0 Å². The third-order valence-electron chi connectivity index (χ3n) is 11.2. The number of aliphatic hydroxyl groups is 3. The average molecular weight is 707 g/mol. The first-order valence-electron chi connectivity index (χ1n) is 18.5. The number of allylic oxidation sites excluding steroid dienone is 7. The number of phenolic OH excluding ortho intramolecular Hbond substituents is 2. The Kier molecular flexibility index (Phi) is 11.8. The highest BCUT2D eigenvalue weighted by Gasteiger charge is 2.53. The molecule has 1 aromatic carbocycles. The highest BCUT2D eigenvalue weighted by molar-refractivity contribution is 6.24. The normalized spacial score (nSPS) is 26.0. The molecule has 1 fully saturated rings. The van der Waals surface area contributed by atoms with E-state index in [0.717, 1.165) is 18.4 Å². The molecule has 2 aliphatic carbocycles. The Morgan fingerprint density at radius 2 is 1.53 bits per heavy atom. The number of phenols is 2. The van der Waals surface area contributed by atoms with E-state index in [1.165, 1.54) is 5.57 Å². The van der Waals surface area contributed by atoms with Gasteiger partial charge in [0, 0.05) is 47.8 Å². The van der Waals surface area contributed by atoms with Gasteiger partial charge in [-0.25, -0.2) is 0 Å². The molecule has 0 bridgehead atoms. The molecule has 0 aromatic heterocycles. The van der Waals surface area contributed by atoms with Gasteiger partial charge in [-0.1, -0.05) is 37.1 Å². The van der Waals surface area contributed by atoms with Crippen LogP contribution in [0.2, 0.25) is 0 Å². The van der Waals surface area contributed by atoms with Crippen LogP contribution in [0, 0.1) is 11.3 Å². The summed E-state index contributed by atoms with van der Waals surface area (Å²) in [7, 11) is 0. The lowest BCUT2D eigenvalue weighted by Gasteiger charge is -2.51. The van der Waals surface area contributed by atoms with E-state index in [1.807, 2.05) is 47.6 Å². The second-order valence-corrected chi connectivity index (χ2v) is 16.3. The molecule has 1 aromatic rings. The fourth-order valence-electron chi connectivity index (χ4n) is 8.18. The standard InChI is InChI=1S/C42H58O9/c1-10-13-29(43)32-34(45)25(37-31(36(32)47)27-22-41(8,50)19-18-28(27)40(6,7)51-37)21-26-35(46)33(30(44)14-11-2)39(49)42(9,38(26)48)20-17-24(5)16-12-15-23(3)4/h15,17,27-28,45-48,50H,10-14,16,18-22H2,1-9H3/b24-17+/t27-,28+,41-,42-/m1/s1. The van der Waals surface area contributed by atoms with Crippen molar-refractivity contribution >= 4 is 17.3 Å². The SMILES string of the molecule is CCCC(=O)C1=C(O)C(Cc2c(O)c(C(=O)CCC)c(O)c3c2OC(C)(C)[C@H]2CC[C@@](C)(O)C[C@@H]32)=C(O)[C@@](C)(C/C=C(\C)CCC=C(C)C)C1=O. The largest absolute Gasteiger partial charge is 0.511 e. The van der Waals surface area contributed by atoms with E-state index in [4.69, 9.17) is 4.74 Å². The van der Waals surface area contributed by atoms with Gasteiger partial charge >= 0.3 is 0 Å². The fourth-order valence-corrected chi connectivity index (χ4v) is 8.18. The van der Waals surface area contributed by atoms with Gasteiger partial charge in [0.2, 0.25) is 0 Å². The van der Waals surface area contributed by atoms with Gasteiger partial charge in [-0.05, 0) is 99.8 Å². The Bertz CT molecular complexity index is 1710. The number of carbonyl (C=O) groups is 3. The topological polar surface area (TPSA) is 162 Å². The summed E-state index contributed by atoms with van der Waals surface area (Å²) in [5, 5.41) is 58.5. The number of ketones is 3. The fraction of sp³-hybridized carbons (Fsp3) is 0.595. The van der Waals surface area contributed by atoms with Crippen LogP contribution in [0.25, 0.3) is 0 Å². The Morgan fingerprint density at radius 3 is 2.14 bits per heavy atom. The number of hydrogen-bond donors (Lipinski definition) is 5. The van der Waals surface area contributed by atoms with Crippen molar-refractivity contribution in [3.8, 4) is 17.2 Å². The first kappa shape index (κ1) is 39.9. The van der Waals surface area contributed by atoms with E-state index in [0.29, 0.717) is 31.2 Å². The minimum atomic E-state index is -1.61. The van der Waals surface area contributed by atoms with E-state index >= 15 is 0 Å². The van der Waals surface area contributed by atoms with Crippen molar-refractivity contribution in [3.63, 3.8) is 0 Å². The van der Waals surface area contributed by atoms with Crippen molar-refractivity contribution in [2.24, 2.45) is 11.3 Å². The zero-order chi connectivity index (χ0) is 38.2. The molecule has 0 radical (unpaired) electrons. The smallest absolute Gasteiger partial charge is 0.183 e. The van der Waals surface area contributed by atoms with Crippen LogP contribution in [0.15, 0.2) is 46.0 Å². The molecule has 0 amide bonds. The number of hydrogen-bond acceptors (Lipinski definition) is 9. The van der Waals surface area contributed by atoms with Gasteiger partial charge in [-0.3, -0.25) is 14.4 Å². The Labute approximate surface area is 302 Å². The zero-order valence-corrected chi connectivity index (χ0v) is 32.0. The lowest BCUT2D eigenvalue weighted by Crippen LogP contribution is -2.50. The first-order valence-corrected chi connectivity index (χ1v) is 18.5. The summed E-state index contributed by atoms with van der Waals surface area (Å²) in [6.07, 6.45) is 7.50. The van der Waals surface area contributed by atoms with Crippen LogP contribution in [0.3, 0.4) is 0 Å². The van der Waals surface area contributed by atoms with Crippen molar-refractivity contribution in [3.05, 3.63) is 62.7 Å². The van der Waals surface area contributed by atoms with Crippen molar-refractivity contribution in [2.75, 3.05) is 0 Å². The molecule has 9 nitrogen and oxygen atoms in total. The van der Waals surface area contributed by atoms with Crippen molar-refractivity contribution in [2.45, 2.75) is 150 Å². The van der Waals surface area contributed by atoms with Crippen LogP contribution in [0.1, 0.15) is 154 Å². The number of aliphatic hydroxyl groups excluding tert-OH is 2. The van der Waals surface area contributed by atoms with Gasteiger partial charge in [0.1, 0.15) is 45.5 Å². The summed E-state index contributed by atoms with van der Waals surface area (Å²) < 4.78 is 6.61. The number of fused-ring (bicyclic) bond motifs is 3. The minimum absolute atomic E-state index is 0.00263. The van der Waals surface area contributed by atoms with Crippen LogP contribution in [-0.4, -0.2) is 54.1 Å². The van der Waals surface area contributed by atoms with E-state index in [2.05, 4.69) is 6.08 Å². The highest BCUT2D eigenvalue weighted by Crippen LogP contribution is 2.60. The second-order valence-electron chi connectivity index (χ2n) is 16.3. The molecule has 4 rings (SSSR count). The number of benzene rings is 1. The average Bonchev–Trinajstić information content (AvgIpc) is 3.01. The van der Waals surface area contributed by atoms with Gasteiger partial charge in [-0.15, -0.1) is 0 Å². The molecule has 3 aliphatic rings. The molecule has 51 heavy (non-hydrogen) atoms. The predicted molar refractivity (Wildman–Crippen MR) is 198 cm³/mol. The minimum Gasteiger partial charge on any atom is -0.511 e. The molecule has 1 saturated carbocycles. The molecular weight excluding hydrogens is 648 g/mol. The molecule has 0 unspecified atom stereocenters. The van der Waals surface area contributed by atoms with Crippen LogP contribution >= 0.6 is 0 Å². The zero-order valence-electron chi connectivity index (χ0n) is 32.0. The van der Waals surface area contributed by atoms with E-state index in [1.54, 1.807) is 20.8 Å². The Hall–Kier alpha value is -3.85. The highest BCUT2D eigenvalue weighted by atomic mass is 16.5. The van der Waals surface area contributed by atoms with Gasteiger partial charge < -0.3 is 30.3 Å². The lowest BCUT2D eigenvalue weighted by atomic mass is 9.62. The monoisotopic (exact) mass is 706 g/mol. The Balaban J connectivity index is 1.99. The number of aromatic hydroxyl groups is 2. The molecule has 1 heterocycles. The van der Waals surface area contributed by atoms with Crippen molar-refractivity contribution in [1.29, 1.82) is 0 Å². The summed E-state index contributed by atoms with van der Waals surface area (Å²) in [5.74, 6) is -4.27. The van der Waals surface area contributed by atoms with Gasteiger partial charge in [0.25, 0.3) is 0 Å². The number of rotatable bonds is 13.